The van der Waals surface area contributed by atoms with Gasteiger partial charge in [-0.3, -0.25) is 4.79 Å². The van der Waals surface area contributed by atoms with Crippen LogP contribution in [0.15, 0.2) is 54.6 Å². The maximum atomic E-state index is 12.5. The molecule has 1 aliphatic rings. The van der Waals surface area contributed by atoms with Crippen molar-refractivity contribution in [1.29, 1.82) is 0 Å². The molecule has 5 heteroatoms. The SMILES string of the molecule is Cc1ccccc1NC(=S)NC1CCN(C(=O)c2ccccc2)CC1. The van der Waals surface area contributed by atoms with Crippen LogP contribution in [-0.4, -0.2) is 35.1 Å². The quantitative estimate of drug-likeness (QED) is 0.828. The summed E-state index contributed by atoms with van der Waals surface area (Å²) in [6.07, 6.45) is 1.79. The zero-order valence-electron chi connectivity index (χ0n) is 14.4. The second kappa shape index (κ2) is 8.12. The summed E-state index contributed by atoms with van der Waals surface area (Å²) in [7, 11) is 0. The van der Waals surface area contributed by atoms with Crippen molar-refractivity contribution in [3.8, 4) is 0 Å². The molecule has 2 aromatic carbocycles. The summed E-state index contributed by atoms with van der Waals surface area (Å²) >= 11 is 5.43. The van der Waals surface area contributed by atoms with Crippen LogP contribution in [0.2, 0.25) is 0 Å². The fourth-order valence-corrected chi connectivity index (χ4v) is 3.32. The molecule has 0 unspecified atom stereocenters. The van der Waals surface area contributed by atoms with Gasteiger partial charge in [-0.25, -0.2) is 0 Å². The number of benzene rings is 2. The van der Waals surface area contributed by atoms with E-state index in [1.807, 2.05) is 53.4 Å². The smallest absolute Gasteiger partial charge is 0.253 e. The fourth-order valence-electron chi connectivity index (χ4n) is 3.05. The molecule has 0 atom stereocenters. The number of hydrogen-bond donors (Lipinski definition) is 2. The number of nitrogens with one attached hydrogen (secondary N) is 2. The number of thiocarbonyl (C=S) groups is 1. The zero-order valence-corrected chi connectivity index (χ0v) is 15.2. The van der Waals surface area contributed by atoms with E-state index < -0.39 is 0 Å². The molecule has 1 amide bonds. The van der Waals surface area contributed by atoms with E-state index in [2.05, 4.69) is 23.6 Å². The van der Waals surface area contributed by atoms with Crippen molar-refractivity contribution < 1.29 is 4.79 Å². The van der Waals surface area contributed by atoms with Gasteiger partial charge >= 0.3 is 0 Å². The molecule has 2 N–H and O–H groups in total. The molecule has 3 rings (SSSR count). The fraction of sp³-hybridized carbons (Fsp3) is 0.300. The Morgan fingerprint density at radius 3 is 2.36 bits per heavy atom. The van der Waals surface area contributed by atoms with Crippen LogP contribution >= 0.6 is 12.2 Å². The molecule has 0 saturated carbocycles. The summed E-state index contributed by atoms with van der Waals surface area (Å²) in [6.45, 7) is 3.55. The third kappa shape index (κ3) is 4.57. The van der Waals surface area contributed by atoms with Gasteiger partial charge in [0.2, 0.25) is 0 Å². The topological polar surface area (TPSA) is 44.4 Å². The number of carbonyl (C=O) groups is 1. The maximum absolute atomic E-state index is 12.5. The highest BCUT2D eigenvalue weighted by molar-refractivity contribution is 7.80. The minimum atomic E-state index is 0.111. The van der Waals surface area contributed by atoms with E-state index in [-0.39, 0.29) is 5.91 Å². The van der Waals surface area contributed by atoms with Gasteiger partial charge < -0.3 is 15.5 Å². The molecule has 4 nitrogen and oxygen atoms in total. The zero-order chi connectivity index (χ0) is 17.6. The molecular weight excluding hydrogens is 330 g/mol. The summed E-state index contributed by atoms with van der Waals surface area (Å²) in [5, 5.41) is 7.27. The summed E-state index contributed by atoms with van der Waals surface area (Å²) < 4.78 is 0. The molecule has 1 aliphatic heterocycles. The molecule has 2 aromatic rings. The summed E-state index contributed by atoms with van der Waals surface area (Å²) in [5.74, 6) is 0.111. The lowest BCUT2D eigenvalue weighted by atomic mass is 10.0. The Kier molecular flexibility index (Phi) is 5.66. The number of hydrogen-bond acceptors (Lipinski definition) is 2. The van der Waals surface area contributed by atoms with Gasteiger partial charge in [0, 0.05) is 30.4 Å². The van der Waals surface area contributed by atoms with Crippen LogP contribution in [0.1, 0.15) is 28.8 Å². The van der Waals surface area contributed by atoms with Crippen LogP contribution in [0.4, 0.5) is 5.69 Å². The summed E-state index contributed by atoms with van der Waals surface area (Å²) in [4.78, 5) is 14.4. The number of aryl methyl sites for hydroxylation is 1. The third-order valence-corrected chi connectivity index (χ3v) is 4.75. The molecule has 0 bridgehead atoms. The normalized spacial score (nSPS) is 14.8. The Morgan fingerprint density at radius 2 is 1.68 bits per heavy atom. The van der Waals surface area contributed by atoms with Gasteiger partial charge in [-0.1, -0.05) is 36.4 Å². The first-order valence-electron chi connectivity index (χ1n) is 8.61. The van der Waals surface area contributed by atoms with Gasteiger partial charge in [0.25, 0.3) is 5.91 Å². The van der Waals surface area contributed by atoms with Gasteiger partial charge in [0.05, 0.1) is 0 Å². The highest BCUT2D eigenvalue weighted by Crippen LogP contribution is 2.16. The van der Waals surface area contributed by atoms with E-state index in [9.17, 15) is 4.79 Å². The Bertz CT molecular complexity index is 740. The summed E-state index contributed by atoms with van der Waals surface area (Å²) in [5.41, 5.74) is 2.94. The average molecular weight is 353 g/mol. The highest BCUT2D eigenvalue weighted by Gasteiger charge is 2.23. The van der Waals surface area contributed by atoms with Crippen LogP contribution in [0, 0.1) is 6.92 Å². The number of piperidine rings is 1. The Hall–Kier alpha value is -2.40. The van der Waals surface area contributed by atoms with Crippen molar-refractivity contribution in [2.75, 3.05) is 18.4 Å². The second-order valence-electron chi connectivity index (χ2n) is 6.35. The minimum absolute atomic E-state index is 0.111. The predicted molar refractivity (Wildman–Crippen MR) is 106 cm³/mol. The first kappa shape index (κ1) is 17.4. The average Bonchev–Trinajstić information content (AvgIpc) is 2.64. The lowest BCUT2D eigenvalue weighted by molar-refractivity contribution is 0.0710. The molecular formula is C20H23N3OS. The maximum Gasteiger partial charge on any atom is 0.253 e. The molecule has 130 valence electrons. The van der Waals surface area contributed by atoms with Gasteiger partial charge in [0.15, 0.2) is 5.11 Å². The van der Waals surface area contributed by atoms with E-state index in [1.54, 1.807) is 0 Å². The molecule has 25 heavy (non-hydrogen) atoms. The minimum Gasteiger partial charge on any atom is -0.360 e. The number of rotatable bonds is 3. The number of likely N-dealkylation sites (tertiary alicyclic amines) is 1. The third-order valence-electron chi connectivity index (χ3n) is 4.53. The van der Waals surface area contributed by atoms with Crippen molar-refractivity contribution in [3.05, 3.63) is 65.7 Å². The van der Waals surface area contributed by atoms with Crippen molar-refractivity contribution in [1.82, 2.24) is 10.2 Å². The Morgan fingerprint density at radius 1 is 1.04 bits per heavy atom. The van der Waals surface area contributed by atoms with E-state index >= 15 is 0 Å². The Labute approximate surface area is 154 Å². The van der Waals surface area contributed by atoms with Crippen LogP contribution in [0.5, 0.6) is 0 Å². The van der Waals surface area contributed by atoms with Gasteiger partial charge in [-0.05, 0) is 55.7 Å². The van der Waals surface area contributed by atoms with Gasteiger partial charge in [-0.15, -0.1) is 0 Å². The van der Waals surface area contributed by atoms with Gasteiger partial charge in [-0.2, -0.15) is 0 Å². The standard InChI is InChI=1S/C20H23N3OS/c1-15-7-5-6-10-18(15)22-20(25)21-17-11-13-23(14-12-17)19(24)16-8-3-2-4-9-16/h2-10,17H,11-14H2,1H3,(H2,21,22,25). The number of para-hydroxylation sites is 1. The monoisotopic (exact) mass is 353 g/mol. The molecule has 0 radical (unpaired) electrons. The van der Waals surface area contributed by atoms with E-state index in [1.165, 1.54) is 0 Å². The van der Waals surface area contributed by atoms with Crippen LogP contribution in [-0.2, 0) is 0 Å². The number of anilines is 1. The number of amides is 1. The van der Waals surface area contributed by atoms with Crippen molar-refractivity contribution in [2.24, 2.45) is 0 Å². The van der Waals surface area contributed by atoms with Crippen LogP contribution in [0.3, 0.4) is 0 Å². The Balaban J connectivity index is 1.48. The molecule has 1 fully saturated rings. The van der Waals surface area contributed by atoms with Crippen LogP contribution < -0.4 is 10.6 Å². The van der Waals surface area contributed by atoms with Gasteiger partial charge in [0.1, 0.15) is 0 Å². The molecule has 1 saturated heterocycles. The van der Waals surface area contributed by atoms with Crippen molar-refractivity contribution in [3.63, 3.8) is 0 Å². The molecule has 0 aliphatic carbocycles. The highest BCUT2D eigenvalue weighted by atomic mass is 32.1. The molecule has 1 heterocycles. The second-order valence-corrected chi connectivity index (χ2v) is 6.75. The lowest BCUT2D eigenvalue weighted by Crippen LogP contribution is -2.47. The lowest BCUT2D eigenvalue weighted by Gasteiger charge is -2.33. The largest absolute Gasteiger partial charge is 0.360 e. The molecule has 0 aromatic heterocycles. The first-order valence-corrected chi connectivity index (χ1v) is 9.02. The predicted octanol–water partition coefficient (Wildman–Crippen LogP) is 3.59. The number of nitrogens with zero attached hydrogens (tertiary/aromatic N) is 1. The van der Waals surface area contributed by atoms with Crippen LogP contribution in [0.25, 0.3) is 0 Å². The number of carbonyl (C=O) groups excluding carboxylic acids is 1. The van der Waals surface area contributed by atoms with Crippen molar-refractivity contribution >= 4 is 28.9 Å². The molecule has 0 spiro atoms. The van der Waals surface area contributed by atoms with E-state index in [4.69, 9.17) is 12.2 Å². The summed E-state index contributed by atoms with van der Waals surface area (Å²) in [6, 6.07) is 17.8. The first-order chi connectivity index (χ1) is 12.1. The van der Waals surface area contributed by atoms with E-state index in [0.717, 1.165) is 42.7 Å². The van der Waals surface area contributed by atoms with Crippen molar-refractivity contribution in [2.45, 2.75) is 25.8 Å². The van der Waals surface area contributed by atoms with E-state index in [0.29, 0.717) is 11.2 Å².